The molecule has 4 heteroatoms. The zero-order valence-electron chi connectivity index (χ0n) is 11.9. The first-order valence-corrected chi connectivity index (χ1v) is 7.81. The van der Waals surface area contributed by atoms with Gasteiger partial charge in [-0.15, -0.1) is 11.3 Å². The molecule has 0 radical (unpaired) electrons. The van der Waals surface area contributed by atoms with Gasteiger partial charge in [-0.25, -0.2) is 4.98 Å². The van der Waals surface area contributed by atoms with Crippen LogP contribution >= 0.6 is 11.3 Å². The first kappa shape index (κ1) is 15.6. The van der Waals surface area contributed by atoms with Crippen molar-refractivity contribution in [3.05, 3.63) is 16.1 Å². The van der Waals surface area contributed by atoms with Gasteiger partial charge >= 0.3 is 0 Å². The minimum atomic E-state index is 0.666. The lowest BCUT2D eigenvalue weighted by atomic mass is 9.94. The van der Waals surface area contributed by atoms with Gasteiger partial charge in [-0.1, -0.05) is 13.8 Å². The summed E-state index contributed by atoms with van der Waals surface area (Å²) in [5.41, 5.74) is 7.00. The molecular formula is C14H27N3S. The molecule has 1 heterocycles. The maximum absolute atomic E-state index is 5.79. The van der Waals surface area contributed by atoms with Crippen molar-refractivity contribution in [2.45, 2.75) is 40.0 Å². The molecule has 0 aliphatic heterocycles. The van der Waals surface area contributed by atoms with Crippen molar-refractivity contribution in [2.24, 2.45) is 17.6 Å². The molecule has 3 nitrogen and oxygen atoms in total. The second kappa shape index (κ2) is 8.62. The van der Waals surface area contributed by atoms with Crippen LogP contribution in [0.2, 0.25) is 0 Å². The molecule has 0 bridgehead atoms. The zero-order chi connectivity index (χ0) is 13.4. The maximum atomic E-state index is 5.79. The molecule has 3 N–H and O–H groups in total. The Balaban J connectivity index is 2.07. The van der Waals surface area contributed by atoms with Crippen LogP contribution in [0.3, 0.4) is 0 Å². The SMILES string of the molecule is Cc1nc(CCNCCC(CN)CC(C)C)cs1. The van der Waals surface area contributed by atoms with Crippen LogP contribution in [-0.4, -0.2) is 24.6 Å². The molecule has 1 aromatic rings. The van der Waals surface area contributed by atoms with E-state index in [0.717, 1.165) is 37.0 Å². The van der Waals surface area contributed by atoms with Gasteiger partial charge in [0.25, 0.3) is 0 Å². The van der Waals surface area contributed by atoms with Crippen molar-refractivity contribution < 1.29 is 0 Å². The van der Waals surface area contributed by atoms with E-state index in [1.165, 1.54) is 18.5 Å². The monoisotopic (exact) mass is 269 g/mol. The number of hydrogen-bond acceptors (Lipinski definition) is 4. The van der Waals surface area contributed by atoms with E-state index >= 15 is 0 Å². The molecule has 0 spiro atoms. The second-order valence-corrected chi connectivity index (χ2v) is 6.44. The summed E-state index contributed by atoms with van der Waals surface area (Å²) in [4.78, 5) is 4.46. The highest BCUT2D eigenvalue weighted by atomic mass is 32.1. The van der Waals surface area contributed by atoms with Crippen molar-refractivity contribution in [2.75, 3.05) is 19.6 Å². The van der Waals surface area contributed by atoms with Gasteiger partial charge in [0.2, 0.25) is 0 Å². The lowest BCUT2D eigenvalue weighted by Crippen LogP contribution is -2.24. The Kier molecular flexibility index (Phi) is 7.47. The molecule has 0 fully saturated rings. The summed E-state index contributed by atoms with van der Waals surface area (Å²) in [6.07, 6.45) is 3.45. The van der Waals surface area contributed by atoms with E-state index in [4.69, 9.17) is 5.73 Å². The highest BCUT2D eigenvalue weighted by molar-refractivity contribution is 7.09. The van der Waals surface area contributed by atoms with Crippen molar-refractivity contribution in [1.29, 1.82) is 0 Å². The van der Waals surface area contributed by atoms with E-state index in [2.05, 4.69) is 36.5 Å². The van der Waals surface area contributed by atoms with Gasteiger partial charge in [-0.05, 0) is 44.7 Å². The highest BCUT2D eigenvalue weighted by Crippen LogP contribution is 2.13. The van der Waals surface area contributed by atoms with Crippen LogP contribution in [0.5, 0.6) is 0 Å². The van der Waals surface area contributed by atoms with E-state index in [0.29, 0.717) is 5.92 Å². The topological polar surface area (TPSA) is 50.9 Å². The zero-order valence-corrected chi connectivity index (χ0v) is 12.7. The largest absolute Gasteiger partial charge is 0.330 e. The summed E-state index contributed by atoms with van der Waals surface area (Å²) < 4.78 is 0. The van der Waals surface area contributed by atoms with Crippen LogP contribution in [0.1, 0.15) is 37.4 Å². The molecule has 1 rings (SSSR count). The summed E-state index contributed by atoms with van der Waals surface area (Å²) in [6.45, 7) is 9.48. The van der Waals surface area contributed by atoms with Gasteiger partial charge in [0.1, 0.15) is 0 Å². The van der Waals surface area contributed by atoms with Crippen LogP contribution in [0.25, 0.3) is 0 Å². The molecule has 0 amide bonds. The van der Waals surface area contributed by atoms with Crippen LogP contribution < -0.4 is 11.1 Å². The number of aromatic nitrogens is 1. The highest BCUT2D eigenvalue weighted by Gasteiger charge is 2.08. The van der Waals surface area contributed by atoms with E-state index < -0.39 is 0 Å². The Morgan fingerprint density at radius 3 is 2.72 bits per heavy atom. The van der Waals surface area contributed by atoms with Gasteiger partial charge < -0.3 is 11.1 Å². The van der Waals surface area contributed by atoms with Crippen LogP contribution in [0.15, 0.2) is 5.38 Å². The van der Waals surface area contributed by atoms with E-state index in [-0.39, 0.29) is 0 Å². The van der Waals surface area contributed by atoms with Gasteiger partial charge in [0, 0.05) is 18.3 Å². The lowest BCUT2D eigenvalue weighted by Gasteiger charge is -2.17. The van der Waals surface area contributed by atoms with Crippen molar-refractivity contribution in [1.82, 2.24) is 10.3 Å². The Bertz CT molecular complexity index is 323. The van der Waals surface area contributed by atoms with Gasteiger partial charge in [0.05, 0.1) is 10.7 Å². The number of hydrogen-bond donors (Lipinski definition) is 2. The fourth-order valence-corrected chi connectivity index (χ4v) is 2.82. The normalized spacial score (nSPS) is 13.2. The van der Waals surface area contributed by atoms with Crippen LogP contribution in [0, 0.1) is 18.8 Å². The average Bonchev–Trinajstić information content (AvgIpc) is 2.72. The molecule has 0 saturated heterocycles. The molecule has 18 heavy (non-hydrogen) atoms. The molecule has 0 aliphatic carbocycles. The third-order valence-electron chi connectivity index (χ3n) is 3.09. The molecule has 1 unspecified atom stereocenters. The fourth-order valence-electron chi connectivity index (χ4n) is 2.17. The van der Waals surface area contributed by atoms with Crippen molar-refractivity contribution >= 4 is 11.3 Å². The minimum Gasteiger partial charge on any atom is -0.330 e. The van der Waals surface area contributed by atoms with E-state index in [9.17, 15) is 0 Å². The predicted molar refractivity (Wildman–Crippen MR) is 80.0 cm³/mol. The molecule has 0 saturated carbocycles. The number of nitrogens with two attached hydrogens (primary N) is 1. The number of nitrogens with zero attached hydrogens (tertiary/aromatic N) is 1. The summed E-state index contributed by atoms with van der Waals surface area (Å²) >= 11 is 1.73. The van der Waals surface area contributed by atoms with Gasteiger partial charge in [0.15, 0.2) is 0 Å². The van der Waals surface area contributed by atoms with Gasteiger partial charge in [-0.2, -0.15) is 0 Å². The van der Waals surface area contributed by atoms with Crippen LogP contribution in [-0.2, 0) is 6.42 Å². The Morgan fingerprint density at radius 2 is 2.17 bits per heavy atom. The van der Waals surface area contributed by atoms with E-state index in [1.54, 1.807) is 11.3 Å². The molecular weight excluding hydrogens is 242 g/mol. The number of nitrogens with one attached hydrogen (secondary N) is 1. The van der Waals surface area contributed by atoms with Gasteiger partial charge in [-0.3, -0.25) is 0 Å². The number of rotatable bonds is 9. The van der Waals surface area contributed by atoms with Crippen molar-refractivity contribution in [3.8, 4) is 0 Å². The second-order valence-electron chi connectivity index (χ2n) is 5.38. The quantitative estimate of drug-likeness (QED) is 0.678. The van der Waals surface area contributed by atoms with E-state index in [1.807, 2.05) is 0 Å². The van der Waals surface area contributed by atoms with Crippen LogP contribution in [0.4, 0.5) is 0 Å². The standard InChI is InChI=1S/C14H27N3S/c1-11(2)8-13(9-15)4-6-16-7-5-14-10-18-12(3)17-14/h10-11,13,16H,4-9,15H2,1-3H3. The summed E-state index contributed by atoms with van der Waals surface area (Å²) in [7, 11) is 0. The van der Waals surface area contributed by atoms with Crippen molar-refractivity contribution in [3.63, 3.8) is 0 Å². The number of aryl methyl sites for hydroxylation is 1. The third kappa shape index (κ3) is 6.47. The maximum Gasteiger partial charge on any atom is 0.0897 e. The Hall–Kier alpha value is -0.450. The molecule has 0 aliphatic rings. The predicted octanol–water partition coefficient (Wildman–Crippen LogP) is 2.59. The summed E-state index contributed by atoms with van der Waals surface area (Å²) in [5.74, 6) is 1.41. The fraction of sp³-hybridized carbons (Fsp3) is 0.786. The Morgan fingerprint density at radius 1 is 1.39 bits per heavy atom. The smallest absolute Gasteiger partial charge is 0.0897 e. The molecule has 104 valence electrons. The lowest BCUT2D eigenvalue weighted by molar-refractivity contribution is 0.386. The minimum absolute atomic E-state index is 0.666. The molecule has 1 atom stereocenters. The average molecular weight is 269 g/mol. The first-order chi connectivity index (χ1) is 8.61. The third-order valence-corrected chi connectivity index (χ3v) is 3.91. The summed E-state index contributed by atoms with van der Waals surface area (Å²) in [6, 6.07) is 0. The first-order valence-electron chi connectivity index (χ1n) is 6.93. The summed E-state index contributed by atoms with van der Waals surface area (Å²) in [5, 5.41) is 6.80. The molecule has 0 aromatic carbocycles. The Labute approximate surface area is 115 Å². The number of thiazole rings is 1. The molecule has 1 aromatic heterocycles.